The SMILES string of the molecule is COc1ccc(NCN2C(=O)S/C(=C/c3ccc(F)cc3)C2=O)cc1Cl. The highest BCUT2D eigenvalue weighted by atomic mass is 35.5. The second-order valence-electron chi connectivity index (χ2n) is 5.35. The normalized spacial score (nSPS) is 15.7. The highest BCUT2D eigenvalue weighted by molar-refractivity contribution is 8.18. The average Bonchev–Trinajstić information content (AvgIpc) is 2.88. The van der Waals surface area contributed by atoms with Gasteiger partial charge in [-0.15, -0.1) is 0 Å². The minimum absolute atomic E-state index is 0.00802. The number of amides is 2. The molecule has 2 aromatic carbocycles. The molecule has 0 spiro atoms. The van der Waals surface area contributed by atoms with Gasteiger partial charge in [0, 0.05) is 5.69 Å². The van der Waals surface area contributed by atoms with Crippen LogP contribution in [0.1, 0.15) is 5.56 Å². The van der Waals surface area contributed by atoms with E-state index in [1.165, 1.54) is 19.2 Å². The van der Waals surface area contributed by atoms with E-state index in [1.807, 2.05) is 0 Å². The summed E-state index contributed by atoms with van der Waals surface area (Å²) in [5, 5.41) is 3.03. The number of carbonyl (C=O) groups is 2. The van der Waals surface area contributed by atoms with E-state index in [1.54, 1.807) is 36.4 Å². The van der Waals surface area contributed by atoms with Crippen LogP contribution in [0.2, 0.25) is 5.02 Å². The van der Waals surface area contributed by atoms with Crippen LogP contribution in [0.15, 0.2) is 47.4 Å². The summed E-state index contributed by atoms with van der Waals surface area (Å²) in [5.41, 5.74) is 1.30. The number of carbonyl (C=O) groups excluding carboxylic acids is 2. The summed E-state index contributed by atoms with van der Waals surface area (Å²) in [6.45, 7) is 0.00802. The molecule has 1 aliphatic rings. The first-order valence-electron chi connectivity index (χ1n) is 7.56. The number of benzene rings is 2. The van der Waals surface area contributed by atoms with E-state index >= 15 is 0 Å². The summed E-state index contributed by atoms with van der Waals surface area (Å²) in [6.07, 6.45) is 1.56. The maximum atomic E-state index is 13.0. The van der Waals surface area contributed by atoms with E-state index in [2.05, 4.69) is 5.32 Å². The lowest BCUT2D eigenvalue weighted by Crippen LogP contribution is -2.33. The average molecular weight is 393 g/mol. The van der Waals surface area contributed by atoms with Gasteiger partial charge in [-0.3, -0.25) is 14.5 Å². The van der Waals surface area contributed by atoms with E-state index in [9.17, 15) is 14.0 Å². The molecule has 0 saturated carbocycles. The minimum atomic E-state index is -0.406. The second kappa shape index (κ2) is 7.80. The molecular formula is C18H14ClFN2O3S. The van der Waals surface area contributed by atoms with Crippen molar-refractivity contribution in [3.8, 4) is 5.75 Å². The molecule has 26 heavy (non-hydrogen) atoms. The van der Waals surface area contributed by atoms with Gasteiger partial charge < -0.3 is 10.1 Å². The maximum absolute atomic E-state index is 13.0. The number of halogens is 2. The molecule has 8 heteroatoms. The predicted molar refractivity (Wildman–Crippen MR) is 101 cm³/mol. The number of imide groups is 1. The van der Waals surface area contributed by atoms with Crippen molar-refractivity contribution in [2.45, 2.75) is 0 Å². The summed E-state index contributed by atoms with van der Waals surface area (Å²) in [6, 6.07) is 10.7. The Bertz CT molecular complexity index is 887. The molecule has 0 radical (unpaired) electrons. The van der Waals surface area contributed by atoms with Crippen LogP contribution in [0.4, 0.5) is 14.9 Å². The molecule has 1 aliphatic heterocycles. The first kappa shape index (κ1) is 18.3. The Kier molecular flexibility index (Phi) is 5.49. The third-order valence-corrected chi connectivity index (χ3v) is 4.84. The van der Waals surface area contributed by atoms with E-state index in [4.69, 9.17) is 16.3 Å². The lowest BCUT2D eigenvalue weighted by atomic mass is 10.2. The third-order valence-electron chi connectivity index (χ3n) is 3.63. The van der Waals surface area contributed by atoms with Crippen LogP contribution < -0.4 is 10.1 Å². The Labute approximate surface area is 158 Å². The molecule has 0 atom stereocenters. The standard InChI is InChI=1S/C18H14ClFN2O3S/c1-25-15-7-6-13(9-14(15)19)21-10-22-17(23)16(26-18(22)24)8-11-2-4-12(20)5-3-11/h2-9,21H,10H2,1H3/b16-8+. The summed E-state index contributed by atoms with van der Waals surface area (Å²) in [5.74, 6) is -0.236. The molecule has 0 aromatic heterocycles. The summed E-state index contributed by atoms with van der Waals surface area (Å²) < 4.78 is 18.0. The quantitative estimate of drug-likeness (QED) is 0.754. The largest absolute Gasteiger partial charge is 0.495 e. The van der Waals surface area contributed by atoms with E-state index < -0.39 is 5.91 Å². The highest BCUT2D eigenvalue weighted by Crippen LogP contribution is 2.32. The van der Waals surface area contributed by atoms with Crippen molar-refractivity contribution in [3.05, 3.63) is 63.8 Å². The maximum Gasteiger partial charge on any atom is 0.295 e. The number of methoxy groups -OCH3 is 1. The minimum Gasteiger partial charge on any atom is -0.495 e. The molecule has 1 fully saturated rings. The molecule has 1 N–H and O–H groups in total. The number of ether oxygens (including phenoxy) is 1. The van der Waals surface area contributed by atoms with Crippen LogP contribution in [0.25, 0.3) is 6.08 Å². The van der Waals surface area contributed by atoms with Gasteiger partial charge in [-0.25, -0.2) is 4.39 Å². The molecule has 1 saturated heterocycles. The lowest BCUT2D eigenvalue weighted by Gasteiger charge is -2.15. The molecular weight excluding hydrogens is 379 g/mol. The Morgan fingerprint density at radius 3 is 2.62 bits per heavy atom. The Morgan fingerprint density at radius 1 is 1.23 bits per heavy atom. The first-order chi connectivity index (χ1) is 12.5. The van der Waals surface area contributed by atoms with Gasteiger partial charge in [0.1, 0.15) is 11.6 Å². The molecule has 0 aliphatic carbocycles. The number of anilines is 1. The lowest BCUT2D eigenvalue weighted by molar-refractivity contribution is -0.122. The van der Waals surface area contributed by atoms with E-state index in [0.717, 1.165) is 16.7 Å². The molecule has 5 nitrogen and oxygen atoms in total. The van der Waals surface area contributed by atoms with Crippen LogP contribution in [0.5, 0.6) is 5.75 Å². The third kappa shape index (κ3) is 4.00. The van der Waals surface area contributed by atoms with Gasteiger partial charge in [-0.05, 0) is 53.7 Å². The van der Waals surface area contributed by atoms with Crippen molar-refractivity contribution < 1.29 is 18.7 Å². The number of hydrogen-bond donors (Lipinski definition) is 1. The first-order valence-corrected chi connectivity index (χ1v) is 8.76. The summed E-state index contributed by atoms with van der Waals surface area (Å²) in [4.78, 5) is 25.9. The van der Waals surface area contributed by atoms with Crippen LogP contribution >= 0.6 is 23.4 Å². The van der Waals surface area contributed by atoms with Crippen molar-refractivity contribution in [3.63, 3.8) is 0 Å². The molecule has 3 rings (SSSR count). The zero-order valence-corrected chi connectivity index (χ0v) is 15.2. The zero-order valence-electron chi connectivity index (χ0n) is 13.7. The van der Waals surface area contributed by atoms with Crippen molar-refractivity contribution in [2.75, 3.05) is 19.1 Å². The van der Waals surface area contributed by atoms with Gasteiger partial charge in [0.25, 0.3) is 11.1 Å². The number of rotatable bonds is 5. The van der Waals surface area contributed by atoms with Crippen LogP contribution in [0, 0.1) is 5.82 Å². The zero-order chi connectivity index (χ0) is 18.7. The number of hydrogen-bond acceptors (Lipinski definition) is 5. The van der Waals surface area contributed by atoms with Gasteiger partial charge in [0.2, 0.25) is 0 Å². The molecule has 0 unspecified atom stereocenters. The second-order valence-corrected chi connectivity index (χ2v) is 6.75. The van der Waals surface area contributed by atoms with Crippen molar-refractivity contribution >= 4 is 46.3 Å². The summed E-state index contributed by atoms with van der Waals surface area (Å²) >= 11 is 6.90. The monoisotopic (exact) mass is 392 g/mol. The molecule has 134 valence electrons. The van der Waals surface area contributed by atoms with Crippen molar-refractivity contribution in [1.29, 1.82) is 0 Å². The van der Waals surface area contributed by atoms with Crippen molar-refractivity contribution in [2.24, 2.45) is 0 Å². The van der Waals surface area contributed by atoms with Gasteiger partial charge in [-0.1, -0.05) is 23.7 Å². The topological polar surface area (TPSA) is 58.6 Å². The highest BCUT2D eigenvalue weighted by Gasteiger charge is 2.34. The van der Waals surface area contributed by atoms with Gasteiger partial charge in [0.05, 0.1) is 23.7 Å². The van der Waals surface area contributed by atoms with Crippen LogP contribution in [-0.2, 0) is 4.79 Å². The van der Waals surface area contributed by atoms with Crippen molar-refractivity contribution in [1.82, 2.24) is 4.90 Å². The predicted octanol–water partition coefficient (Wildman–Crippen LogP) is 4.59. The molecule has 1 heterocycles. The van der Waals surface area contributed by atoms with E-state index in [-0.39, 0.29) is 22.6 Å². The Morgan fingerprint density at radius 2 is 1.96 bits per heavy atom. The number of nitrogens with one attached hydrogen (secondary N) is 1. The van der Waals surface area contributed by atoms with Gasteiger partial charge >= 0.3 is 0 Å². The Hall–Kier alpha value is -2.51. The smallest absolute Gasteiger partial charge is 0.295 e. The fraction of sp³-hybridized carbons (Fsp3) is 0.111. The van der Waals surface area contributed by atoms with Crippen LogP contribution in [0.3, 0.4) is 0 Å². The number of nitrogens with zero attached hydrogens (tertiary/aromatic N) is 1. The van der Waals surface area contributed by atoms with Gasteiger partial charge in [-0.2, -0.15) is 0 Å². The molecule has 0 bridgehead atoms. The molecule has 2 amide bonds. The van der Waals surface area contributed by atoms with Crippen LogP contribution in [-0.4, -0.2) is 29.8 Å². The van der Waals surface area contributed by atoms with Gasteiger partial charge in [0.15, 0.2) is 0 Å². The molecule has 2 aromatic rings. The fourth-order valence-corrected chi connectivity index (χ4v) is 3.39. The number of thioether (sulfide) groups is 1. The Balaban J connectivity index is 1.69. The fourth-order valence-electron chi connectivity index (χ4n) is 2.29. The summed E-state index contributed by atoms with van der Waals surface area (Å²) in [7, 11) is 1.52. The van der Waals surface area contributed by atoms with E-state index in [0.29, 0.717) is 22.0 Å².